The van der Waals surface area contributed by atoms with Crippen LogP contribution in [0.2, 0.25) is 0 Å². The summed E-state index contributed by atoms with van der Waals surface area (Å²) in [5.74, 6) is 0. The van der Waals surface area contributed by atoms with Crippen molar-refractivity contribution < 1.29 is 5.11 Å². The highest BCUT2D eigenvalue weighted by molar-refractivity contribution is 9.11. The molecule has 1 aromatic heterocycles. The van der Waals surface area contributed by atoms with E-state index in [1.807, 2.05) is 25.1 Å². The first-order valence-corrected chi connectivity index (χ1v) is 5.32. The molecule has 0 saturated heterocycles. The number of allylic oxidation sites excluding steroid dienone is 1. The first-order valence-electron chi connectivity index (χ1n) is 3.72. The Morgan fingerprint density at radius 2 is 2.33 bits per heavy atom. The summed E-state index contributed by atoms with van der Waals surface area (Å²) in [5, 5.41) is 9.11. The highest BCUT2D eigenvalue weighted by atomic mass is 79.9. The average Bonchev–Trinajstić information content (AvgIpc) is 2.34. The van der Waals surface area contributed by atoms with Gasteiger partial charge < -0.3 is 5.11 Å². The minimum Gasteiger partial charge on any atom is -0.389 e. The number of thiophene rings is 1. The Hall–Kier alpha value is -0.120. The first kappa shape index (κ1) is 9.96. The minimum atomic E-state index is -0.370. The molecule has 0 aromatic carbocycles. The van der Waals surface area contributed by atoms with Crippen LogP contribution in [0.3, 0.4) is 0 Å². The van der Waals surface area contributed by atoms with Gasteiger partial charge in [-0.25, -0.2) is 0 Å². The van der Waals surface area contributed by atoms with Crippen LogP contribution in [0.15, 0.2) is 22.0 Å². The van der Waals surface area contributed by atoms with Gasteiger partial charge in [-0.2, -0.15) is 0 Å². The van der Waals surface area contributed by atoms with E-state index >= 15 is 0 Å². The number of aliphatic hydroxyl groups is 1. The summed E-state index contributed by atoms with van der Waals surface area (Å²) in [7, 11) is 0. The summed E-state index contributed by atoms with van der Waals surface area (Å²) in [6, 6.07) is 4.06. The second-order valence-electron chi connectivity index (χ2n) is 2.69. The fraction of sp³-hybridized carbons (Fsp3) is 0.333. The van der Waals surface area contributed by atoms with Crippen molar-refractivity contribution in [3.05, 3.63) is 26.9 Å². The molecule has 0 spiro atoms. The van der Waals surface area contributed by atoms with Gasteiger partial charge in [-0.3, -0.25) is 0 Å². The Bertz CT molecular complexity index is 288. The Balaban J connectivity index is 2.84. The second-order valence-corrected chi connectivity index (χ2v) is 5.16. The Labute approximate surface area is 84.9 Å². The van der Waals surface area contributed by atoms with E-state index in [1.54, 1.807) is 18.3 Å². The number of aliphatic hydroxyl groups excluding tert-OH is 1. The third kappa shape index (κ3) is 2.73. The molecule has 0 fully saturated rings. The molecular formula is C9H11BrOS. The van der Waals surface area contributed by atoms with Gasteiger partial charge >= 0.3 is 0 Å². The molecule has 66 valence electrons. The van der Waals surface area contributed by atoms with Gasteiger partial charge in [0.1, 0.15) is 0 Å². The predicted molar refractivity (Wildman–Crippen MR) is 57.4 cm³/mol. The SMILES string of the molecule is C/C(=C/C(C)O)c1ccc(Br)s1. The number of hydrogen-bond donors (Lipinski definition) is 1. The third-order valence-electron chi connectivity index (χ3n) is 1.45. The molecule has 0 aliphatic heterocycles. The molecule has 1 atom stereocenters. The molecule has 12 heavy (non-hydrogen) atoms. The van der Waals surface area contributed by atoms with E-state index < -0.39 is 0 Å². The molecule has 1 rings (SSSR count). The van der Waals surface area contributed by atoms with E-state index in [9.17, 15) is 0 Å². The lowest BCUT2D eigenvalue weighted by molar-refractivity contribution is 0.244. The van der Waals surface area contributed by atoms with Gasteiger partial charge in [-0.05, 0) is 47.5 Å². The largest absolute Gasteiger partial charge is 0.389 e. The molecule has 3 heteroatoms. The molecule has 1 N–H and O–H groups in total. The zero-order valence-electron chi connectivity index (χ0n) is 7.04. The summed E-state index contributed by atoms with van der Waals surface area (Å²) >= 11 is 5.07. The Morgan fingerprint density at radius 3 is 2.75 bits per heavy atom. The Kier molecular flexibility index (Phi) is 3.50. The molecule has 1 aromatic rings. The molecule has 0 bridgehead atoms. The maximum atomic E-state index is 9.11. The van der Waals surface area contributed by atoms with Crippen molar-refractivity contribution in [1.29, 1.82) is 0 Å². The maximum Gasteiger partial charge on any atom is 0.0704 e. The first-order chi connectivity index (χ1) is 5.59. The van der Waals surface area contributed by atoms with Crippen LogP contribution in [-0.4, -0.2) is 11.2 Å². The van der Waals surface area contributed by atoms with Crippen molar-refractivity contribution in [3.63, 3.8) is 0 Å². The van der Waals surface area contributed by atoms with Crippen LogP contribution in [0.1, 0.15) is 18.7 Å². The van der Waals surface area contributed by atoms with Crippen molar-refractivity contribution in [3.8, 4) is 0 Å². The summed E-state index contributed by atoms with van der Waals surface area (Å²) in [6.45, 7) is 3.76. The quantitative estimate of drug-likeness (QED) is 0.850. The summed E-state index contributed by atoms with van der Waals surface area (Å²) in [6.07, 6.45) is 1.48. The van der Waals surface area contributed by atoms with Crippen LogP contribution < -0.4 is 0 Å². The van der Waals surface area contributed by atoms with Crippen LogP contribution in [-0.2, 0) is 0 Å². The summed E-state index contributed by atoms with van der Waals surface area (Å²) in [5.41, 5.74) is 1.13. The van der Waals surface area contributed by atoms with Crippen molar-refractivity contribution >= 4 is 32.8 Å². The fourth-order valence-electron chi connectivity index (χ4n) is 0.970. The molecule has 0 aliphatic carbocycles. The molecule has 0 radical (unpaired) electrons. The molecule has 0 saturated carbocycles. The molecule has 0 amide bonds. The summed E-state index contributed by atoms with van der Waals surface area (Å²) < 4.78 is 1.12. The van der Waals surface area contributed by atoms with Gasteiger partial charge in [0.05, 0.1) is 9.89 Å². The highest BCUT2D eigenvalue weighted by Crippen LogP contribution is 2.27. The maximum absolute atomic E-state index is 9.11. The fourth-order valence-corrected chi connectivity index (χ4v) is 2.34. The molecule has 0 aliphatic rings. The van der Waals surface area contributed by atoms with Crippen LogP contribution >= 0.6 is 27.3 Å². The lowest BCUT2D eigenvalue weighted by atomic mass is 10.2. The van der Waals surface area contributed by atoms with Gasteiger partial charge in [0.15, 0.2) is 0 Å². The van der Waals surface area contributed by atoms with Crippen molar-refractivity contribution in [2.75, 3.05) is 0 Å². The van der Waals surface area contributed by atoms with E-state index in [0.717, 1.165) is 9.36 Å². The van der Waals surface area contributed by atoms with E-state index in [1.165, 1.54) is 4.88 Å². The molecular weight excluding hydrogens is 236 g/mol. The zero-order chi connectivity index (χ0) is 9.14. The van der Waals surface area contributed by atoms with Gasteiger partial charge in [0.25, 0.3) is 0 Å². The average molecular weight is 247 g/mol. The highest BCUT2D eigenvalue weighted by Gasteiger charge is 2.00. The lowest BCUT2D eigenvalue weighted by Gasteiger charge is -1.98. The lowest BCUT2D eigenvalue weighted by Crippen LogP contribution is -1.93. The van der Waals surface area contributed by atoms with Crippen molar-refractivity contribution in [2.45, 2.75) is 20.0 Å². The normalized spacial score (nSPS) is 14.8. The van der Waals surface area contributed by atoms with Crippen LogP contribution in [0.5, 0.6) is 0 Å². The smallest absolute Gasteiger partial charge is 0.0704 e. The topological polar surface area (TPSA) is 20.2 Å². The monoisotopic (exact) mass is 246 g/mol. The second kappa shape index (κ2) is 4.21. The standard InChI is InChI=1S/C9H11BrOS/c1-6(5-7(2)11)8-3-4-9(10)12-8/h3-5,7,11H,1-2H3/b6-5-. The molecule has 1 unspecified atom stereocenters. The number of hydrogen-bond acceptors (Lipinski definition) is 2. The number of halogens is 1. The van der Waals surface area contributed by atoms with Crippen LogP contribution in [0.25, 0.3) is 5.57 Å². The van der Waals surface area contributed by atoms with Gasteiger partial charge in [0.2, 0.25) is 0 Å². The van der Waals surface area contributed by atoms with E-state index in [4.69, 9.17) is 5.11 Å². The van der Waals surface area contributed by atoms with E-state index in [-0.39, 0.29) is 6.10 Å². The Morgan fingerprint density at radius 1 is 1.67 bits per heavy atom. The van der Waals surface area contributed by atoms with Crippen LogP contribution in [0, 0.1) is 0 Å². The third-order valence-corrected chi connectivity index (χ3v) is 3.21. The minimum absolute atomic E-state index is 0.370. The zero-order valence-corrected chi connectivity index (χ0v) is 9.45. The molecule has 1 nitrogen and oxygen atoms in total. The van der Waals surface area contributed by atoms with Gasteiger partial charge in [0, 0.05) is 4.88 Å². The van der Waals surface area contributed by atoms with Gasteiger partial charge in [-0.15, -0.1) is 11.3 Å². The molecule has 1 heterocycles. The van der Waals surface area contributed by atoms with E-state index in [0.29, 0.717) is 0 Å². The van der Waals surface area contributed by atoms with Crippen molar-refractivity contribution in [1.82, 2.24) is 0 Å². The number of rotatable bonds is 2. The van der Waals surface area contributed by atoms with Gasteiger partial charge in [-0.1, -0.05) is 6.08 Å². The van der Waals surface area contributed by atoms with Crippen LogP contribution in [0.4, 0.5) is 0 Å². The van der Waals surface area contributed by atoms with Crippen molar-refractivity contribution in [2.24, 2.45) is 0 Å². The summed E-state index contributed by atoms with van der Waals surface area (Å²) in [4.78, 5) is 1.20. The van der Waals surface area contributed by atoms with E-state index in [2.05, 4.69) is 15.9 Å². The predicted octanol–water partition coefficient (Wildman–Crippen LogP) is 3.29.